The molecule has 2 aromatic rings. The van der Waals surface area contributed by atoms with E-state index < -0.39 is 54.6 Å². The van der Waals surface area contributed by atoms with Gasteiger partial charge < -0.3 is 25.2 Å². The van der Waals surface area contributed by atoms with Crippen molar-refractivity contribution < 1.29 is 38.6 Å². The van der Waals surface area contributed by atoms with Gasteiger partial charge in [-0.3, -0.25) is 19.7 Å². The van der Waals surface area contributed by atoms with Crippen molar-refractivity contribution in [1.29, 1.82) is 0 Å². The molecule has 0 fully saturated rings. The zero-order chi connectivity index (χ0) is 30.7. The van der Waals surface area contributed by atoms with Crippen molar-refractivity contribution in [3.05, 3.63) is 69.2 Å². The number of aliphatic imine (C=N–C) groups is 1. The number of nitrogens with zero attached hydrogens (tertiary/aromatic N) is 1. The summed E-state index contributed by atoms with van der Waals surface area (Å²) in [7, 11) is 0. The van der Waals surface area contributed by atoms with E-state index in [-0.39, 0.29) is 33.6 Å². The van der Waals surface area contributed by atoms with Gasteiger partial charge in [0.15, 0.2) is 0 Å². The van der Waals surface area contributed by atoms with Gasteiger partial charge in [-0.1, -0.05) is 35.3 Å². The van der Waals surface area contributed by atoms with E-state index in [1.54, 1.807) is 27.7 Å². The van der Waals surface area contributed by atoms with E-state index in [1.807, 2.05) is 0 Å². The monoisotopic (exact) mass is 608 g/mol. The number of rotatable bonds is 9. The molecule has 220 valence electrons. The molecular formula is C27H30Cl2N4O8. The minimum Gasteiger partial charge on any atom is -0.481 e. The number of hydrogen-bond donors (Lipinski definition) is 4. The normalized spacial score (nSPS) is 12.1. The van der Waals surface area contributed by atoms with Crippen molar-refractivity contribution in [2.24, 2.45) is 4.99 Å². The maximum atomic E-state index is 12.8. The average molecular weight is 609 g/mol. The largest absolute Gasteiger partial charge is 0.481 e. The number of hydrogen-bond acceptors (Lipinski definition) is 7. The van der Waals surface area contributed by atoms with Gasteiger partial charge in [0, 0.05) is 21.2 Å². The maximum Gasteiger partial charge on any atom is 0.435 e. The third-order valence-electron chi connectivity index (χ3n) is 4.90. The Morgan fingerprint density at radius 2 is 1.63 bits per heavy atom. The molecule has 4 N–H and O–H groups in total. The van der Waals surface area contributed by atoms with E-state index in [4.69, 9.17) is 32.7 Å². The van der Waals surface area contributed by atoms with Crippen molar-refractivity contribution in [3.8, 4) is 0 Å². The number of carboxylic acid groups (broad SMARTS) is 1. The summed E-state index contributed by atoms with van der Waals surface area (Å²) in [4.78, 5) is 64.9. The molecule has 4 amide bonds. The third-order valence-corrected chi connectivity index (χ3v) is 5.34. The Morgan fingerprint density at radius 1 is 1.00 bits per heavy atom. The molecule has 0 saturated carbocycles. The van der Waals surface area contributed by atoms with Gasteiger partial charge in [-0.05, 0) is 63.6 Å². The molecule has 1 atom stereocenters. The van der Waals surface area contributed by atoms with Crippen LogP contribution in [0.1, 0.15) is 61.6 Å². The summed E-state index contributed by atoms with van der Waals surface area (Å²) in [6.45, 7) is 6.11. The Balaban J connectivity index is 2.17. The molecule has 2 rings (SSSR count). The van der Waals surface area contributed by atoms with Gasteiger partial charge in [-0.25, -0.2) is 9.59 Å². The molecule has 0 aliphatic heterocycles. The summed E-state index contributed by atoms with van der Waals surface area (Å²) in [5.74, 6) is -2.74. The zero-order valence-corrected chi connectivity index (χ0v) is 24.3. The highest BCUT2D eigenvalue weighted by atomic mass is 35.5. The summed E-state index contributed by atoms with van der Waals surface area (Å²) in [5.41, 5.74) is -0.200. The number of alkyl carbamates (subject to hydrolysis) is 1. The average Bonchev–Trinajstić information content (AvgIpc) is 2.84. The van der Waals surface area contributed by atoms with Crippen LogP contribution in [0.2, 0.25) is 10.0 Å². The lowest BCUT2D eigenvalue weighted by molar-refractivity contribution is -0.137. The van der Waals surface area contributed by atoms with E-state index in [0.29, 0.717) is 5.56 Å². The standard InChI is InChI=1S/C27H30Cl2N4O8/c1-5-40-25(38)32-23(33-26(39)41-27(2,3)4)15-7-6-8-16(9-15)24(37)30-14-21(34)31-20(13-22(35)36)17-10-18(28)12-19(29)11-17/h6-12,20H,5,13-14H2,1-4H3,(H,30,37)(H,31,34)(H,35,36)(H,32,33,38,39). The van der Waals surface area contributed by atoms with Crippen LogP contribution in [-0.2, 0) is 19.1 Å². The molecule has 0 aliphatic carbocycles. The van der Waals surface area contributed by atoms with Crippen LogP contribution in [0.4, 0.5) is 9.59 Å². The number of ether oxygens (including phenoxy) is 2. The predicted octanol–water partition coefficient (Wildman–Crippen LogP) is 4.48. The van der Waals surface area contributed by atoms with Crippen molar-refractivity contribution >= 4 is 59.0 Å². The first-order valence-electron chi connectivity index (χ1n) is 12.3. The van der Waals surface area contributed by atoms with Crippen LogP contribution < -0.4 is 16.0 Å². The zero-order valence-electron chi connectivity index (χ0n) is 22.7. The number of amidine groups is 1. The number of carbonyl (C=O) groups is 5. The lowest BCUT2D eigenvalue weighted by Gasteiger charge is -2.20. The fourth-order valence-electron chi connectivity index (χ4n) is 3.33. The third kappa shape index (κ3) is 11.9. The first kappa shape index (κ1) is 33.0. The van der Waals surface area contributed by atoms with Crippen LogP contribution >= 0.6 is 23.2 Å². The second-order valence-electron chi connectivity index (χ2n) is 9.47. The van der Waals surface area contributed by atoms with Crippen LogP contribution in [-0.4, -0.2) is 59.7 Å². The minimum atomic E-state index is -1.17. The summed E-state index contributed by atoms with van der Waals surface area (Å²) >= 11 is 12.0. The SMILES string of the molecule is CCOC(=O)N=C(NC(=O)OC(C)(C)C)c1cccc(C(=O)NCC(=O)NC(CC(=O)O)c2cc(Cl)cc(Cl)c2)c1. The van der Waals surface area contributed by atoms with Gasteiger partial charge in [0.25, 0.3) is 5.91 Å². The number of carboxylic acids is 1. The van der Waals surface area contributed by atoms with Gasteiger partial charge in [-0.2, -0.15) is 4.99 Å². The van der Waals surface area contributed by atoms with Gasteiger partial charge in [-0.15, -0.1) is 0 Å². The lowest BCUT2D eigenvalue weighted by atomic mass is 10.0. The van der Waals surface area contributed by atoms with Gasteiger partial charge in [0.05, 0.1) is 25.6 Å². The highest BCUT2D eigenvalue weighted by molar-refractivity contribution is 6.34. The van der Waals surface area contributed by atoms with Crippen LogP contribution in [0.25, 0.3) is 0 Å². The Kier molecular flexibility index (Phi) is 12.1. The molecule has 0 spiro atoms. The summed E-state index contributed by atoms with van der Waals surface area (Å²) in [5, 5.41) is 17.2. The van der Waals surface area contributed by atoms with Crippen molar-refractivity contribution in [2.45, 2.75) is 45.8 Å². The van der Waals surface area contributed by atoms with Gasteiger partial charge in [0.2, 0.25) is 5.91 Å². The smallest absolute Gasteiger partial charge is 0.435 e. The minimum absolute atomic E-state index is 0.0459. The molecule has 0 bridgehead atoms. The molecule has 0 heterocycles. The summed E-state index contributed by atoms with van der Waals surface area (Å²) in [6.07, 6.45) is -2.31. The fourth-order valence-corrected chi connectivity index (χ4v) is 3.87. The highest BCUT2D eigenvalue weighted by Gasteiger charge is 2.21. The second kappa shape index (κ2) is 15.0. The van der Waals surface area contributed by atoms with Crippen molar-refractivity contribution in [2.75, 3.05) is 13.2 Å². The molecular weight excluding hydrogens is 579 g/mol. The number of amides is 4. The Labute approximate surface area is 246 Å². The van der Waals surface area contributed by atoms with E-state index in [0.717, 1.165) is 0 Å². The number of carbonyl (C=O) groups excluding carboxylic acids is 4. The molecule has 12 nitrogen and oxygen atoms in total. The molecule has 0 aromatic heterocycles. The van der Waals surface area contributed by atoms with E-state index in [9.17, 15) is 29.1 Å². The first-order valence-corrected chi connectivity index (χ1v) is 13.0. The number of benzene rings is 2. The van der Waals surface area contributed by atoms with E-state index in [1.165, 1.54) is 42.5 Å². The Bertz CT molecular complexity index is 1320. The molecule has 0 aliphatic rings. The molecule has 41 heavy (non-hydrogen) atoms. The number of nitrogens with one attached hydrogen (secondary N) is 3. The molecule has 14 heteroatoms. The quantitative estimate of drug-likeness (QED) is 0.238. The van der Waals surface area contributed by atoms with Crippen LogP contribution in [0, 0.1) is 0 Å². The van der Waals surface area contributed by atoms with Gasteiger partial charge >= 0.3 is 18.2 Å². The first-order chi connectivity index (χ1) is 19.2. The van der Waals surface area contributed by atoms with Crippen molar-refractivity contribution in [3.63, 3.8) is 0 Å². The van der Waals surface area contributed by atoms with Crippen LogP contribution in [0.5, 0.6) is 0 Å². The summed E-state index contributed by atoms with van der Waals surface area (Å²) in [6, 6.07) is 9.21. The molecule has 0 saturated heterocycles. The summed E-state index contributed by atoms with van der Waals surface area (Å²) < 4.78 is 10.0. The number of halogens is 2. The molecule has 1 unspecified atom stereocenters. The topological polar surface area (TPSA) is 172 Å². The predicted molar refractivity (Wildman–Crippen MR) is 151 cm³/mol. The highest BCUT2D eigenvalue weighted by Crippen LogP contribution is 2.25. The Hall–Kier alpha value is -4.16. The van der Waals surface area contributed by atoms with Crippen LogP contribution in [0.3, 0.4) is 0 Å². The van der Waals surface area contributed by atoms with E-state index >= 15 is 0 Å². The lowest BCUT2D eigenvalue weighted by Crippen LogP contribution is -2.39. The maximum absolute atomic E-state index is 12.8. The number of aliphatic carboxylic acids is 1. The second-order valence-corrected chi connectivity index (χ2v) is 10.3. The Morgan fingerprint density at radius 3 is 2.22 bits per heavy atom. The molecule has 0 radical (unpaired) electrons. The van der Waals surface area contributed by atoms with E-state index in [2.05, 4.69) is 20.9 Å². The van der Waals surface area contributed by atoms with Gasteiger partial charge in [0.1, 0.15) is 11.4 Å². The van der Waals surface area contributed by atoms with Crippen molar-refractivity contribution in [1.82, 2.24) is 16.0 Å². The molecule has 2 aromatic carbocycles. The fraction of sp³-hybridized carbons (Fsp3) is 0.333. The van der Waals surface area contributed by atoms with Crippen LogP contribution in [0.15, 0.2) is 47.5 Å².